The topological polar surface area (TPSA) is 113 Å². The van der Waals surface area contributed by atoms with E-state index in [0.717, 1.165) is 5.56 Å². The highest BCUT2D eigenvalue weighted by Gasteiger charge is 2.34. The Balaban J connectivity index is 3.35. The van der Waals surface area contributed by atoms with E-state index in [1.807, 2.05) is 0 Å². The highest BCUT2D eigenvalue weighted by molar-refractivity contribution is 7.89. The molecule has 0 aliphatic rings. The first-order chi connectivity index (χ1) is 9.23. The molecule has 6 nitrogen and oxygen atoms in total. The fourth-order valence-electron chi connectivity index (χ4n) is 1.91. The van der Waals surface area contributed by atoms with Gasteiger partial charge in [-0.2, -0.15) is 0 Å². The molecule has 0 heterocycles. The van der Waals surface area contributed by atoms with E-state index in [-0.39, 0.29) is 17.0 Å². The normalized spacial score (nSPS) is 12.7. The number of aryl methyl sites for hydroxylation is 1. The molecule has 0 aliphatic heterocycles. The summed E-state index contributed by atoms with van der Waals surface area (Å²) in [6.45, 7) is 4.15. The van der Waals surface area contributed by atoms with Gasteiger partial charge in [-0.1, -0.05) is 13.0 Å². The Labute approximate surface area is 119 Å². The second-order valence-corrected chi connectivity index (χ2v) is 6.60. The number of nitrogen functional groups attached to an aromatic ring is 1. The Morgan fingerprint density at radius 2 is 1.80 bits per heavy atom. The number of benzene rings is 1. The lowest BCUT2D eigenvalue weighted by molar-refractivity contribution is 0.105. The van der Waals surface area contributed by atoms with E-state index in [2.05, 4.69) is 4.72 Å². The number of aliphatic hydroxyl groups is 2. The predicted octanol–water partition coefficient (Wildman–Crippen LogP) is 0.297. The average molecular weight is 302 g/mol. The minimum Gasteiger partial charge on any atom is -0.398 e. The van der Waals surface area contributed by atoms with Gasteiger partial charge in [0.15, 0.2) is 0 Å². The zero-order valence-electron chi connectivity index (χ0n) is 12.0. The molecule has 20 heavy (non-hydrogen) atoms. The van der Waals surface area contributed by atoms with Gasteiger partial charge in [0.2, 0.25) is 10.0 Å². The van der Waals surface area contributed by atoms with Crippen molar-refractivity contribution in [2.75, 3.05) is 18.9 Å². The molecule has 0 amide bonds. The smallest absolute Gasteiger partial charge is 0.243 e. The van der Waals surface area contributed by atoms with Crippen molar-refractivity contribution in [2.24, 2.45) is 0 Å². The molecule has 0 radical (unpaired) electrons. The van der Waals surface area contributed by atoms with Gasteiger partial charge >= 0.3 is 0 Å². The highest BCUT2D eigenvalue weighted by Crippen LogP contribution is 2.26. The van der Waals surface area contributed by atoms with Gasteiger partial charge < -0.3 is 15.9 Å². The second-order valence-electron chi connectivity index (χ2n) is 4.98. The van der Waals surface area contributed by atoms with Crippen LogP contribution in [0.15, 0.2) is 17.0 Å². The predicted molar refractivity (Wildman–Crippen MR) is 77.8 cm³/mol. The van der Waals surface area contributed by atoms with E-state index in [9.17, 15) is 18.6 Å². The number of nitrogens with one attached hydrogen (secondary N) is 1. The molecule has 0 aromatic heterocycles. The third-order valence-electron chi connectivity index (χ3n) is 3.61. The summed E-state index contributed by atoms with van der Waals surface area (Å²) in [6.07, 6.45) is 0.254. The lowest BCUT2D eigenvalue weighted by atomic mass is 10.0. The van der Waals surface area contributed by atoms with E-state index >= 15 is 0 Å². The van der Waals surface area contributed by atoms with Crippen LogP contribution in [0.3, 0.4) is 0 Å². The Hall–Kier alpha value is -1.15. The lowest BCUT2D eigenvalue weighted by Gasteiger charge is -2.30. The van der Waals surface area contributed by atoms with Gasteiger partial charge in [-0.05, 0) is 37.5 Å². The van der Waals surface area contributed by atoms with E-state index in [1.54, 1.807) is 26.8 Å². The SMILES string of the molecule is CCC(CO)(CO)NS(=O)(=O)c1c(N)ccc(C)c1C. The standard InChI is InChI=1S/C13H22N2O4S/c1-4-13(7-16,8-17)15-20(18,19)12-10(3)9(2)5-6-11(12)14/h5-6,15-17H,4,7-8,14H2,1-3H3. The molecule has 0 unspecified atom stereocenters. The van der Waals surface area contributed by atoms with Crippen LogP contribution in [0.1, 0.15) is 24.5 Å². The average Bonchev–Trinajstić information content (AvgIpc) is 2.40. The number of rotatable bonds is 6. The summed E-state index contributed by atoms with van der Waals surface area (Å²) in [7, 11) is -3.93. The number of aliphatic hydroxyl groups excluding tert-OH is 2. The van der Waals surface area contributed by atoms with Crippen molar-refractivity contribution in [1.29, 1.82) is 0 Å². The summed E-state index contributed by atoms with van der Waals surface area (Å²) in [5, 5.41) is 18.7. The molecule has 1 rings (SSSR count). The molecule has 0 spiro atoms. The molecule has 0 saturated heterocycles. The number of hydrogen-bond donors (Lipinski definition) is 4. The lowest BCUT2D eigenvalue weighted by Crippen LogP contribution is -2.53. The molecule has 0 aliphatic carbocycles. The molecule has 1 aromatic rings. The molecule has 7 heteroatoms. The van der Waals surface area contributed by atoms with E-state index < -0.39 is 28.8 Å². The summed E-state index contributed by atoms with van der Waals surface area (Å²) >= 11 is 0. The quantitative estimate of drug-likeness (QED) is 0.564. The van der Waals surface area contributed by atoms with E-state index in [1.165, 1.54) is 6.07 Å². The maximum absolute atomic E-state index is 12.5. The van der Waals surface area contributed by atoms with Crippen molar-refractivity contribution in [3.05, 3.63) is 23.3 Å². The maximum Gasteiger partial charge on any atom is 0.243 e. The summed E-state index contributed by atoms with van der Waals surface area (Å²) in [5.74, 6) is 0. The minimum atomic E-state index is -3.93. The van der Waals surface area contributed by atoms with Crippen molar-refractivity contribution in [3.63, 3.8) is 0 Å². The summed E-state index contributed by atoms with van der Waals surface area (Å²) in [4.78, 5) is -0.00257. The largest absolute Gasteiger partial charge is 0.398 e. The van der Waals surface area contributed by atoms with Crippen LogP contribution in [0.5, 0.6) is 0 Å². The molecular weight excluding hydrogens is 280 g/mol. The van der Waals surface area contributed by atoms with Crippen molar-refractivity contribution in [1.82, 2.24) is 4.72 Å². The van der Waals surface area contributed by atoms with Crippen LogP contribution in [0, 0.1) is 13.8 Å². The summed E-state index contributed by atoms with van der Waals surface area (Å²) in [5.41, 5.74) is 5.98. The number of nitrogens with two attached hydrogens (primary N) is 1. The van der Waals surface area contributed by atoms with Crippen LogP contribution >= 0.6 is 0 Å². The molecule has 5 N–H and O–H groups in total. The summed E-state index contributed by atoms with van der Waals surface area (Å²) < 4.78 is 27.4. The Morgan fingerprint density at radius 1 is 1.25 bits per heavy atom. The summed E-state index contributed by atoms with van der Waals surface area (Å²) in [6, 6.07) is 3.28. The minimum absolute atomic E-state index is 0.00257. The molecule has 0 fully saturated rings. The van der Waals surface area contributed by atoms with E-state index in [0.29, 0.717) is 5.56 Å². The van der Waals surface area contributed by atoms with Crippen LogP contribution in [0.4, 0.5) is 5.69 Å². The third-order valence-corrected chi connectivity index (χ3v) is 5.39. The number of anilines is 1. The number of hydrogen-bond acceptors (Lipinski definition) is 5. The van der Waals surface area contributed by atoms with Gasteiger partial charge in [-0.15, -0.1) is 0 Å². The van der Waals surface area contributed by atoms with Crippen molar-refractivity contribution >= 4 is 15.7 Å². The zero-order valence-corrected chi connectivity index (χ0v) is 12.8. The Kier molecular flexibility index (Phi) is 5.15. The van der Waals surface area contributed by atoms with Gasteiger partial charge in [-0.25, -0.2) is 13.1 Å². The van der Waals surface area contributed by atoms with Gasteiger partial charge in [-0.3, -0.25) is 0 Å². The van der Waals surface area contributed by atoms with Gasteiger partial charge in [0.25, 0.3) is 0 Å². The van der Waals surface area contributed by atoms with Crippen molar-refractivity contribution < 1.29 is 18.6 Å². The molecule has 114 valence electrons. The Morgan fingerprint density at radius 3 is 2.25 bits per heavy atom. The van der Waals surface area contributed by atoms with Crippen molar-refractivity contribution in [2.45, 2.75) is 37.6 Å². The van der Waals surface area contributed by atoms with Crippen molar-refractivity contribution in [3.8, 4) is 0 Å². The molecule has 1 aromatic carbocycles. The zero-order chi connectivity index (χ0) is 15.6. The highest BCUT2D eigenvalue weighted by atomic mass is 32.2. The van der Waals surface area contributed by atoms with Gasteiger partial charge in [0.05, 0.1) is 24.4 Å². The first-order valence-electron chi connectivity index (χ1n) is 6.34. The molecule has 0 atom stereocenters. The van der Waals surface area contributed by atoms with Crippen LogP contribution < -0.4 is 10.5 Å². The molecule has 0 bridgehead atoms. The van der Waals surface area contributed by atoms with E-state index in [4.69, 9.17) is 5.73 Å². The van der Waals surface area contributed by atoms with Gasteiger partial charge in [0, 0.05) is 0 Å². The van der Waals surface area contributed by atoms with Crippen LogP contribution in [0.25, 0.3) is 0 Å². The van der Waals surface area contributed by atoms with Gasteiger partial charge in [0.1, 0.15) is 4.90 Å². The van der Waals surface area contributed by atoms with Crippen LogP contribution in [0.2, 0.25) is 0 Å². The number of sulfonamides is 1. The van der Waals surface area contributed by atoms with Crippen LogP contribution in [-0.2, 0) is 10.0 Å². The third kappa shape index (κ3) is 3.12. The fourth-order valence-corrected chi connectivity index (χ4v) is 3.80. The first kappa shape index (κ1) is 16.9. The monoisotopic (exact) mass is 302 g/mol. The Bertz CT molecular complexity index is 572. The van der Waals surface area contributed by atoms with Crippen LogP contribution in [-0.4, -0.2) is 37.4 Å². The maximum atomic E-state index is 12.5. The second kappa shape index (κ2) is 6.09. The first-order valence-corrected chi connectivity index (χ1v) is 7.82. The fraction of sp³-hybridized carbons (Fsp3) is 0.538. The molecule has 0 saturated carbocycles. The molecular formula is C13H22N2O4S.